The molecule has 8 heteroatoms. The first-order valence-electron chi connectivity index (χ1n) is 11.1. The number of carbonyl (C=O) groups excluding carboxylic acids is 3. The third-order valence-electron chi connectivity index (χ3n) is 6.14. The third-order valence-corrected chi connectivity index (χ3v) is 7.00. The number of aryl methyl sites for hydroxylation is 2. The summed E-state index contributed by atoms with van der Waals surface area (Å²) in [5.74, 6) is 0.216. The maximum absolute atomic E-state index is 12.9. The van der Waals surface area contributed by atoms with E-state index in [1.165, 1.54) is 11.3 Å². The minimum Gasteiger partial charge on any atom is -0.338 e. The van der Waals surface area contributed by atoms with E-state index in [-0.39, 0.29) is 17.7 Å². The van der Waals surface area contributed by atoms with Gasteiger partial charge in [0.2, 0.25) is 5.91 Å². The second-order valence-corrected chi connectivity index (χ2v) is 9.54. The van der Waals surface area contributed by atoms with Crippen LogP contribution in [0.2, 0.25) is 0 Å². The van der Waals surface area contributed by atoms with Gasteiger partial charge in [0.1, 0.15) is 0 Å². The Hall–Kier alpha value is -2.71. The third kappa shape index (κ3) is 5.19. The van der Waals surface area contributed by atoms with Gasteiger partial charge in [-0.1, -0.05) is 23.3 Å². The highest BCUT2D eigenvalue weighted by Gasteiger charge is 2.28. The van der Waals surface area contributed by atoms with Crippen LogP contribution in [0.5, 0.6) is 0 Å². The number of hydrogen-bond donors (Lipinski definition) is 0. The fourth-order valence-corrected chi connectivity index (χ4v) is 5.09. The first kappa shape index (κ1) is 22.5. The fraction of sp³-hybridized carbons (Fsp3) is 0.458. The van der Waals surface area contributed by atoms with Crippen molar-refractivity contribution in [2.75, 3.05) is 58.9 Å². The van der Waals surface area contributed by atoms with Gasteiger partial charge in [-0.15, -0.1) is 11.3 Å². The standard InChI is InChI=1S/C24H30N4O3S/c1-18-14-19(2)16-20(15-18)23(30)27-7-5-25(6-8-27)17-22(29)26-9-11-28(12-10-26)24(31)21-4-3-13-32-21/h3-4,13-16H,5-12,17H2,1-2H3. The number of amides is 3. The molecule has 2 saturated heterocycles. The van der Waals surface area contributed by atoms with E-state index < -0.39 is 0 Å². The van der Waals surface area contributed by atoms with Crippen LogP contribution >= 0.6 is 11.3 Å². The van der Waals surface area contributed by atoms with Crippen molar-refractivity contribution in [3.05, 3.63) is 57.3 Å². The Morgan fingerprint density at radius 3 is 1.94 bits per heavy atom. The number of nitrogens with zero attached hydrogens (tertiary/aromatic N) is 4. The van der Waals surface area contributed by atoms with Crippen molar-refractivity contribution < 1.29 is 14.4 Å². The number of benzene rings is 1. The van der Waals surface area contributed by atoms with Gasteiger partial charge in [0.05, 0.1) is 11.4 Å². The van der Waals surface area contributed by atoms with E-state index in [4.69, 9.17) is 0 Å². The molecule has 0 radical (unpaired) electrons. The lowest BCUT2D eigenvalue weighted by Crippen LogP contribution is -2.55. The molecule has 2 aliphatic rings. The fourth-order valence-electron chi connectivity index (χ4n) is 4.40. The van der Waals surface area contributed by atoms with E-state index in [0.717, 1.165) is 21.6 Å². The summed E-state index contributed by atoms with van der Waals surface area (Å²) in [5, 5.41) is 1.91. The Morgan fingerprint density at radius 2 is 1.34 bits per heavy atom. The van der Waals surface area contributed by atoms with Gasteiger partial charge < -0.3 is 14.7 Å². The average Bonchev–Trinajstić information content (AvgIpc) is 3.33. The van der Waals surface area contributed by atoms with Gasteiger partial charge in [-0.3, -0.25) is 19.3 Å². The molecule has 2 fully saturated rings. The zero-order valence-electron chi connectivity index (χ0n) is 18.7. The van der Waals surface area contributed by atoms with Crippen LogP contribution in [0.25, 0.3) is 0 Å². The molecule has 0 spiro atoms. The van der Waals surface area contributed by atoms with E-state index in [1.807, 2.05) is 58.2 Å². The topological polar surface area (TPSA) is 64.2 Å². The van der Waals surface area contributed by atoms with Gasteiger partial charge in [0, 0.05) is 57.9 Å². The van der Waals surface area contributed by atoms with Gasteiger partial charge in [-0.2, -0.15) is 0 Å². The molecule has 0 N–H and O–H groups in total. The molecule has 2 aromatic rings. The first-order valence-corrected chi connectivity index (χ1v) is 12.0. The Balaban J connectivity index is 1.23. The minimum absolute atomic E-state index is 0.0525. The SMILES string of the molecule is Cc1cc(C)cc(C(=O)N2CCN(CC(=O)N3CCN(C(=O)c4cccs4)CC3)CC2)c1. The molecule has 170 valence electrons. The van der Waals surface area contributed by atoms with E-state index in [0.29, 0.717) is 58.9 Å². The first-order chi connectivity index (χ1) is 15.4. The van der Waals surface area contributed by atoms with Crippen molar-refractivity contribution in [2.45, 2.75) is 13.8 Å². The lowest BCUT2D eigenvalue weighted by atomic mass is 10.1. The molecule has 0 atom stereocenters. The van der Waals surface area contributed by atoms with E-state index in [9.17, 15) is 14.4 Å². The van der Waals surface area contributed by atoms with Gasteiger partial charge in [-0.05, 0) is 37.4 Å². The van der Waals surface area contributed by atoms with Crippen LogP contribution in [0.3, 0.4) is 0 Å². The van der Waals surface area contributed by atoms with E-state index >= 15 is 0 Å². The Labute approximate surface area is 193 Å². The molecular formula is C24H30N4O3S. The molecule has 1 aromatic heterocycles. The molecule has 3 amide bonds. The summed E-state index contributed by atoms with van der Waals surface area (Å²) < 4.78 is 0. The highest BCUT2D eigenvalue weighted by Crippen LogP contribution is 2.15. The Morgan fingerprint density at radius 1 is 0.781 bits per heavy atom. The number of thiophene rings is 1. The Bertz CT molecular complexity index is 955. The second-order valence-electron chi connectivity index (χ2n) is 8.60. The quantitative estimate of drug-likeness (QED) is 0.710. The molecule has 2 aliphatic heterocycles. The summed E-state index contributed by atoms with van der Waals surface area (Å²) in [7, 11) is 0. The van der Waals surface area contributed by atoms with Crippen molar-refractivity contribution in [1.29, 1.82) is 0 Å². The summed E-state index contributed by atoms with van der Waals surface area (Å²) in [6.45, 7) is 9.30. The predicted molar refractivity (Wildman–Crippen MR) is 125 cm³/mol. The van der Waals surface area contributed by atoms with Gasteiger partial charge >= 0.3 is 0 Å². The molecule has 0 unspecified atom stereocenters. The molecule has 32 heavy (non-hydrogen) atoms. The van der Waals surface area contributed by atoms with Crippen molar-refractivity contribution >= 4 is 29.1 Å². The molecule has 1 aromatic carbocycles. The molecule has 4 rings (SSSR count). The smallest absolute Gasteiger partial charge is 0.264 e. The van der Waals surface area contributed by atoms with Crippen molar-refractivity contribution in [1.82, 2.24) is 19.6 Å². The van der Waals surface area contributed by atoms with E-state index in [2.05, 4.69) is 11.0 Å². The summed E-state index contributed by atoms with van der Waals surface area (Å²) >= 11 is 1.45. The number of rotatable bonds is 4. The largest absolute Gasteiger partial charge is 0.338 e. The van der Waals surface area contributed by atoms with E-state index in [1.54, 1.807) is 0 Å². The summed E-state index contributed by atoms with van der Waals surface area (Å²) in [4.78, 5) is 46.5. The maximum Gasteiger partial charge on any atom is 0.264 e. The maximum atomic E-state index is 12.9. The van der Waals surface area contributed by atoms with Crippen LogP contribution in [-0.2, 0) is 4.79 Å². The Kier molecular flexibility index (Phi) is 6.91. The van der Waals surface area contributed by atoms with Crippen LogP contribution < -0.4 is 0 Å². The molecule has 7 nitrogen and oxygen atoms in total. The van der Waals surface area contributed by atoms with Gasteiger partial charge in [0.25, 0.3) is 11.8 Å². The van der Waals surface area contributed by atoms with Crippen LogP contribution in [-0.4, -0.2) is 96.2 Å². The van der Waals surface area contributed by atoms with Crippen LogP contribution in [0.15, 0.2) is 35.7 Å². The van der Waals surface area contributed by atoms with Crippen molar-refractivity contribution in [3.63, 3.8) is 0 Å². The molecular weight excluding hydrogens is 424 g/mol. The van der Waals surface area contributed by atoms with Crippen molar-refractivity contribution in [2.24, 2.45) is 0 Å². The zero-order chi connectivity index (χ0) is 22.7. The highest BCUT2D eigenvalue weighted by atomic mass is 32.1. The summed E-state index contributed by atoms with van der Waals surface area (Å²) in [6.07, 6.45) is 0. The van der Waals surface area contributed by atoms with Gasteiger partial charge in [-0.25, -0.2) is 0 Å². The molecule has 0 aliphatic carbocycles. The average molecular weight is 455 g/mol. The van der Waals surface area contributed by atoms with Crippen molar-refractivity contribution in [3.8, 4) is 0 Å². The van der Waals surface area contributed by atoms with Gasteiger partial charge in [0.15, 0.2) is 0 Å². The monoisotopic (exact) mass is 454 g/mol. The minimum atomic E-state index is 0.0525. The lowest BCUT2D eigenvalue weighted by Gasteiger charge is -2.38. The molecule has 0 bridgehead atoms. The second kappa shape index (κ2) is 9.83. The van der Waals surface area contributed by atoms with Crippen LogP contribution in [0.1, 0.15) is 31.2 Å². The predicted octanol–water partition coefficient (Wildman–Crippen LogP) is 2.11. The van der Waals surface area contributed by atoms with Crippen LogP contribution in [0, 0.1) is 13.8 Å². The normalized spacial score (nSPS) is 17.5. The highest BCUT2D eigenvalue weighted by molar-refractivity contribution is 7.12. The number of hydrogen-bond acceptors (Lipinski definition) is 5. The summed E-state index contributed by atoms with van der Waals surface area (Å²) in [6, 6.07) is 9.67. The zero-order valence-corrected chi connectivity index (χ0v) is 19.6. The molecule has 0 saturated carbocycles. The van der Waals surface area contributed by atoms with Crippen LogP contribution in [0.4, 0.5) is 0 Å². The molecule has 3 heterocycles. The lowest BCUT2D eigenvalue weighted by molar-refractivity contribution is -0.134. The number of piperazine rings is 2. The number of carbonyl (C=O) groups is 3. The summed E-state index contributed by atoms with van der Waals surface area (Å²) in [5.41, 5.74) is 2.92.